The quantitative estimate of drug-likeness (QED) is 0.659. The zero-order chi connectivity index (χ0) is 20.3. The van der Waals surface area contributed by atoms with Gasteiger partial charge in [-0.3, -0.25) is 4.79 Å². The molecule has 28 heavy (non-hydrogen) atoms. The average Bonchev–Trinajstić information content (AvgIpc) is 2.98. The highest BCUT2D eigenvalue weighted by Crippen LogP contribution is 2.68. The van der Waals surface area contributed by atoms with E-state index >= 15 is 0 Å². The van der Waals surface area contributed by atoms with Crippen LogP contribution in [0.3, 0.4) is 0 Å². The van der Waals surface area contributed by atoms with Crippen molar-refractivity contribution in [1.82, 2.24) is 0 Å². The van der Waals surface area contributed by atoms with Crippen LogP contribution in [0.1, 0.15) is 85.0 Å². The summed E-state index contributed by atoms with van der Waals surface area (Å²) in [5, 5.41) is 30.5. The Kier molecular flexibility index (Phi) is 5.36. The van der Waals surface area contributed by atoms with E-state index in [0.29, 0.717) is 35.5 Å². The van der Waals surface area contributed by atoms with Gasteiger partial charge in [-0.2, -0.15) is 0 Å². The third-order valence-electron chi connectivity index (χ3n) is 10.2. The van der Waals surface area contributed by atoms with Crippen LogP contribution in [0.5, 0.6) is 0 Å². The maximum atomic E-state index is 11.2. The Morgan fingerprint density at radius 3 is 2.39 bits per heavy atom. The summed E-state index contributed by atoms with van der Waals surface area (Å²) >= 11 is 0. The summed E-state index contributed by atoms with van der Waals surface area (Å²) in [5.41, 5.74) is 0.523. The number of carboxylic acids is 1. The molecule has 0 aliphatic heterocycles. The lowest BCUT2D eigenvalue weighted by Gasteiger charge is -2.62. The summed E-state index contributed by atoms with van der Waals surface area (Å²) < 4.78 is 0. The molecule has 4 heteroatoms. The number of hydrogen-bond donors (Lipinski definition) is 3. The van der Waals surface area contributed by atoms with Gasteiger partial charge in [-0.15, -0.1) is 0 Å². The topological polar surface area (TPSA) is 77.8 Å². The van der Waals surface area contributed by atoms with Gasteiger partial charge in [0, 0.05) is 6.42 Å². The van der Waals surface area contributed by atoms with E-state index in [1.807, 2.05) is 0 Å². The van der Waals surface area contributed by atoms with Crippen molar-refractivity contribution in [2.75, 3.05) is 0 Å². The molecule has 4 aliphatic rings. The fourth-order valence-corrected chi connectivity index (χ4v) is 8.73. The van der Waals surface area contributed by atoms with Gasteiger partial charge in [-0.1, -0.05) is 20.8 Å². The van der Waals surface area contributed by atoms with E-state index in [2.05, 4.69) is 20.8 Å². The van der Waals surface area contributed by atoms with E-state index in [1.165, 1.54) is 25.7 Å². The van der Waals surface area contributed by atoms with E-state index in [9.17, 15) is 15.0 Å². The van der Waals surface area contributed by atoms with Crippen molar-refractivity contribution in [2.24, 2.45) is 46.3 Å². The molecule has 0 radical (unpaired) electrons. The van der Waals surface area contributed by atoms with Crippen LogP contribution in [0, 0.1) is 46.3 Å². The first-order chi connectivity index (χ1) is 13.2. The van der Waals surface area contributed by atoms with Crippen LogP contribution < -0.4 is 0 Å². The molecular formula is C24H40O4. The number of aliphatic carboxylic acids is 1. The number of carboxylic acid groups (broad SMARTS) is 1. The van der Waals surface area contributed by atoms with E-state index < -0.39 is 5.97 Å². The largest absolute Gasteiger partial charge is 0.481 e. The third kappa shape index (κ3) is 3.14. The monoisotopic (exact) mass is 392 g/mol. The van der Waals surface area contributed by atoms with Crippen molar-refractivity contribution in [3.63, 3.8) is 0 Å². The van der Waals surface area contributed by atoms with Crippen LogP contribution in [-0.4, -0.2) is 33.5 Å². The Hall–Kier alpha value is -0.610. The summed E-state index contributed by atoms with van der Waals surface area (Å²) in [6.45, 7) is 7.16. The normalized spacial score (nSPS) is 51.7. The maximum Gasteiger partial charge on any atom is 0.303 e. The van der Waals surface area contributed by atoms with Crippen molar-refractivity contribution in [3.8, 4) is 0 Å². The highest BCUT2D eigenvalue weighted by Gasteiger charge is 2.62. The summed E-state index contributed by atoms with van der Waals surface area (Å²) in [4.78, 5) is 11.1. The van der Waals surface area contributed by atoms with Crippen LogP contribution in [0.25, 0.3) is 0 Å². The molecular weight excluding hydrogens is 352 g/mol. The van der Waals surface area contributed by atoms with Crippen molar-refractivity contribution >= 4 is 5.97 Å². The highest BCUT2D eigenvalue weighted by molar-refractivity contribution is 5.66. The van der Waals surface area contributed by atoms with Gasteiger partial charge in [0.05, 0.1) is 12.2 Å². The van der Waals surface area contributed by atoms with Gasteiger partial charge < -0.3 is 15.3 Å². The molecule has 0 bridgehead atoms. The molecule has 4 aliphatic carbocycles. The minimum absolute atomic E-state index is 0.179. The first kappa shape index (κ1) is 20.7. The second-order valence-corrected chi connectivity index (χ2v) is 11.4. The van der Waals surface area contributed by atoms with Gasteiger partial charge in [0.2, 0.25) is 0 Å². The van der Waals surface area contributed by atoms with Crippen LogP contribution in [-0.2, 0) is 4.79 Å². The van der Waals surface area contributed by atoms with Gasteiger partial charge >= 0.3 is 5.97 Å². The second-order valence-electron chi connectivity index (χ2n) is 11.4. The third-order valence-corrected chi connectivity index (χ3v) is 10.2. The molecule has 3 N–H and O–H groups in total. The molecule has 4 fully saturated rings. The van der Waals surface area contributed by atoms with E-state index in [1.54, 1.807) is 0 Å². The number of fused-ring (bicyclic) bond motifs is 5. The fourth-order valence-electron chi connectivity index (χ4n) is 8.73. The molecule has 0 heterocycles. The van der Waals surface area contributed by atoms with Crippen LogP contribution in [0.4, 0.5) is 0 Å². The fraction of sp³-hybridized carbons (Fsp3) is 0.958. The summed E-state index contributed by atoms with van der Waals surface area (Å²) in [6.07, 6.45) is 9.19. The smallest absolute Gasteiger partial charge is 0.303 e. The first-order valence-corrected chi connectivity index (χ1v) is 11.7. The lowest BCUT2D eigenvalue weighted by molar-refractivity contribution is -0.174. The SMILES string of the molecule is C[C@H](CCC(=O)O)[C@@H]1CC[C@@H]2[C@@H]3[C@H](O)C[C@@H]4C[C@H](O)CC[C@]4(C)[C@H]3CC[C@]21C. The minimum atomic E-state index is -0.684. The molecule has 0 aromatic heterocycles. The predicted molar refractivity (Wildman–Crippen MR) is 109 cm³/mol. The standard InChI is InChI=1S/C24H40O4/c1-14(4-7-21(27)28)17-5-6-18-22-19(9-11-24(17,18)3)23(2)10-8-16(25)12-15(23)13-20(22)26/h14-20,22,25-26H,4-13H2,1-3H3,(H,27,28)/t14-,15+,16-,17+,18-,19+,20-,22+,23+,24+/m1/s1. The van der Waals surface area contributed by atoms with Crippen LogP contribution in [0.2, 0.25) is 0 Å². The van der Waals surface area contributed by atoms with Crippen LogP contribution >= 0.6 is 0 Å². The Balaban J connectivity index is 1.55. The zero-order valence-electron chi connectivity index (χ0n) is 17.9. The molecule has 4 saturated carbocycles. The average molecular weight is 393 g/mol. The van der Waals surface area contributed by atoms with Crippen molar-refractivity contribution in [3.05, 3.63) is 0 Å². The van der Waals surface area contributed by atoms with Crippen molar-refractivity contribution < 1.29 is 20.1 Å². The molecule has 4 nitrogen and oxygen atoms in total. The lowest BCUT2D eigenvalue weighted by Crippen LogP contribution is -2.58. The molecule has 0 spiro atoms. The van der Waals surface area contributed by atoms with Gasteiger partial charge in [-0.05, 0) is 104 Å². The summed E-state index contributed by atoms with van der Waals surface area (Å²) in [7, 11) is 0. The Bertz CT molecular complexity index is 605. The minimum Gasteiger partial charge on any atom is -0.481 e. The maximum absolute atomic E-state index is 11.2. The molecule has 4 rings (SSSR count). The number of rotatable bonds is 4. The predicted octanol–water partition coefficient (Wildman–Crippen LogP) is 4.48. The molecule has 160 valence electrons. The number of aliphatic hydroxyl groups is 2. The molecule has 0 amide bonds. The van der Waals surface area contributed by atoms with E-state index in [4.69, 9.17) is 5.11 Å². The lowest BCUT2D eigenvalue weighted by atomic mass is 9.43. The Morgan fingerprint density at radius 2 is 1.68 bits per heavy atom. The highest BCUT2D eigenvalue weighted by atomic mass is 16.4. The summed E-state index contributed by atoms with van der Waals surface area (Å²) in [6, 6.07) is 0. The second kappa shape index (κ2) is 7.27. The Morgan fingerprint density at radius 1 is 1.00 bits per heavy atom. The van der Waals surface area contributed by atoms with Crippen molar-refractivity contribution in [1.29, 1.82) is 0 Å². The zero-order valence-corrected chi connectivity index (χ0v) is 17.9. The van der Waals surface area contributed by atoms with E-state index in [0.717, 1.165) is 32.1 Å². The molecule has 0 aromatic carbocycles. The van der Waals surface area contributed by atoms with Gasteiger partial charge in [0.1, 0.15) is 0 Å². The van der Waals surface area contributed by atoms with E-state index in [-0.39, 0.29) is 29.5 Å². The molecule has 0 saturated heterocycles. The Labute approximate surface area is 170 Å². The van der Waals surface area contributed by atoms with Gasteiger partial charge in [-0.25, -0.2) is 0 Å². The number of aliphatic hydroxyl groups excluding tert-OH is 2. The molecule has 10 atom stereocenters. The van der Waals surface area contributed by atoms with Crippen molar-refractivity contribution in [2.45, 2.75) is 97.2 Å². The molecule has 0 aromatic rings. The van der Waals surface area contributed by atoms with Gasteiger partial charge in [0.25, 0.3) is 0 Å². The first-order valence-electron chi connectivity index (χ1n) is 11.7. The number of carbonyl (C=O) groups is 1. The molecule has 0 unspecified atom stereocenters. The van der Waals surface area contributed by atoms with Crippen LogP contribution in [0.15, 0.2) is 0 Å². The van der Waals surface area contributed by atoms with Gasteiger partial charge in [0.15, 0.2) is 0 Å². The summed E-state index contributed by atoms with van der Waals surface area (Å²) in [5.74, 6) is 2.36. The number of hydrogen-bond acceptors (Lipinski definition) is 3.